The van der Waals surface area contributed by atoms with Crippen molar-refractivity contribution in [2.75, 3.05) is 12.4 Å². The second-order valence-electron chi connectivity index (χ2n) is 7.01. The highest BCUT2D eigenvalue weighted by Crippen LogP contribution is 2.32. The number of nitrogens with one attached hydrogen (secondary N) is 1. The van der Waals surface area contributed by atoms with E-state index in [4.69, 9.17) is 26.3 Å². The number of hydrogen-bond donors (Lipinski definition) is 1. The molecule has 2 aromatic heterocycles. The normalized spacial score (nSPS) is 10.6. The van der Waals surface area contributed by atoms with Gasteiger partial charge in [-0.15, -0.1) is 12.4 Å². The van der Waals surface area contributed by atoms with Gasteiger partial charge in [-0.1, -0.05) is 29.8 Å². The number of aromatic nitrogens is 4. The third kappa shape index (κ3) is 4.46. The Labute approximate surface area is 200 Å². The van der Waals surface area contributed by atoms with Crippen LogP contribution >= 0.6 is 24.0 Å². The zero-order valence-electron chi connectivity index (χ0n) is 17.4. The fourth-order valence-electron chi connectivity index (χ4n) is 3.37. The lowest BCUT2D eigenvalue weighted by Crippen LogP contribution is -2.02. The van der Waals surface area contributed by atoms with Crippen LogP contribution in [-0.4, -0.2) is 26.9 Å². The van der Waals surface area contributed by atoms with E-state index in [9.17, 15) is 4.39 Å². The maximum Gasteiger partial charge on any atom is 0.169 e. The summed E-state index contributed by atoms with van der Waals surface area (Å²) in [6.07, 6.45) is 1.71. The molecule has 0 aliphatic rings. The van der Waals surface area contributed by atoms with Crippen molar-refractivity contribution in [2.24, 2.45) is 0 Å². The van der Waals surface area contributed by atoms with Crippen LogP contribution in [0.3, 0.4) is 0 Å². The molecular formula is C24H18Cl2FN5O. The van der Waals surface area contributed by atoms with E-state index in [-0.39, 0.29) is 18.2 Å². The lowest BCUT2D eigenvalue weighted by molar-refractivity contribution is 0.415. The number of fused-ring (bicyclic) bond motifs is 1. The van der Waals surface area contributed by atoms with Gasteiger partial charge >= 0.3 is 0 Å². The first-order valence-corrected chi connectivity index (χ1v) is 10.2. The number of nitrogens with zero attached hydrogens (tertiary/aromatic N) is 4. The van der Waals surface area contributed by atoms with Crippen LogP contribution in [-0.2, 0) is 0 Å². The number of rotatable bonds is 5. The molecule has 1 N–H and O–H groups in total. The number of para-hydroxylation sites is 1. The first-order chi connectivity index (χ1) is 15.6. The molecule has 2 heterocycles. The van der Waals surface area contributed by atoms with Crippen LogP contribution < -0.4 is 10.1 Å². The molecule has 0 unspecified atom stereocenters. The summed E-state index contributed by atoms with van der Waals surface area (Å²) in [5.74, 6) is 1.25. The summed E-state index contributed by atoms with van der Waals surface area (Å²) in [5.41, 5.74) is 2.90. The predicted octanol–water partition coefficient (Wildman–Crippen LogP) is 6.45. The molecular weight excluding hydrogens is 464 g/mol. The monoisotopic (exact) mass is 481 g/mol. The predicted molar refractivity (Wildman–Crippen MR) is 131 cm³/mol. The molecule has 0 saturated carbocycles. The van der Waals surface area contributed by atoms with Crippen molar-refractivity contribution in [3.8, 4) is 22.8 Å². The smallest absolute Gasteiger partial charge is 0.169 e. The maximum atomic E-state index is 13.5. The molecule has 5 aromatic rings. The minimum atomic E-state index is -0.324. The van der Waals surface area contributed by atoms with E-state index in [1.807, 2.05) is 36.4 Å². The quantitative estimate of drug-likeness (QED) is 0.312. The van der Waals surface area contributed by atoms with Crippen LogP contribution in [0.5, 0.6) is 5.75 Å². The SMILES string of the molecule is COc1ccc(Nc2nc(-c3ccc(F)cc3)nc3c2cnn3-c2ccccc2)cc1Cl.Cl. The molecule has 0 spiro atoms. The number of ether oxygens (including phenoxy) is 1. The lowest BCUT2D eigenvalue weighted by Gasteiger charge is -2.11. The molecule has 0 aliphatic heterocycles. The van der Waals surface area contributed by atoms with Crippen molar-refractivity contribution in [2.45, 2.75) is 0 Å². The van der Waals surface area contributed by atoms with Gasteiger partial charge in [0.25, 0.3) is 0 Å². The molecule has 0 atom stereocenters. The van der Waals surface area contributed by atoms with Crippen molar-refractivity contribution < 1.29 is 9.13 Å². The summed E-state index contributed by atoms with van der Waals surface area (Å²) in [7, 11) is 1.56. The van der Waals surface area contributed by atoms with E-state index >= 15 is 0 Å². The van der Waals surface area contributed by atoms with Gasteiger partial charge in [-0.3, -0.25) is 0 Å². The van der Waals surface area contributed by atoms with Crippen molar-refractivity contribution in [3.63, 3.8) is 0 Å². The third-order valence-corrected chi connectivity index (χ3v) is 5.24. The first-order valence-electron chi connectivity index (χ1n) is 9.80. The minimum Gasteiger partial charge on any atom is -0.495 e. The summed E-state index contributed by atoms with van der Waals surface area (Å²) in [5, 5.41) is 9.04. The Balaban J connectivity index is 0.00000259. The summed E-state index contributed by atoms with van der Waals surface area (Å²) in [4.78, 5) is 9.44. The van der Waals surface area contributed by atoms with E-state index in [0.29, 0.717) is 33.6 Å². The zero-order valence-corrected chi connectivity index (χ0v) is 18.9. The van der Waals surface area contributed by atoms with E-state index < -0.39 is 0 Å². The average molecular weight is 482 g/mol. The van der Waals surface area contributed by atoms with Crippen molar-refractivity contribution in [3.05, 3.63) is 89.8 Å². The van der Waals surface area contributed by atoms with Gasteiger partial charge in [0.05, 0.1) is 29.4 Å². The molecule has 9 heteroatoms. The van der Waals surface area contributed by atoms with Crippen molar-refractivity contribution in [1.29, 1.82) is 0 Å². The molecule has 0 aliphatic carbocycles. The van der Waals surface area contributed by atoms with Gasteiger partial charge in [0.2, 0.25) is 0 Å². The van der Waals surface area contributed by atoms with Gasteiger partial charge < -0.3 is 10.1 Å². The second kappa shape index (κ2) is 9.44. The Morgan fingerprint density at radius 2 is 1.73 bits per heavy atom. The molecule has 0 fully saturated rings. The van der Waals surface area contributed by atoms with Crippen LogP contribution in [0.4, 0.5) is 15.9 Å². The standard InChI is InChI=1S/C24H17ClFN5O.ClH/c1-32-21-12-11-17(13-20(21)25)28-23-19-14-27-31(18-5-3-2-4-6-18)24(19)30-22(29-23)15-7-9-16(26)10-8-15;/h2-14H,1H3,(H,28,29,30);1H. The largest absolute Gasteiger partial charge is 0.495 e. The zero-order chi connectivity index (χ0) is 22.1. The molecule has 0 radical (unpaired) electrons. The molecule has 33 heavy (non-hydrogen) atoms. The van der Waals surface area contributed by atoms with E-state index in [1.165, 1.54) is 12.1 Å². The minimum absolute atomic E-state index is 0. The fourth-order valence-corrected chi connectivity index (χ4v) is 3.63. The van der Waals surface area contributed by atoms with Crippen LogP contribution in [0.25, 0.3) is 28.1 Å². The van der Waals surface area contributed by atoms with E-state index in [0.717, 1.165) is 16.8 Å². The summed E-state index contributed by atoms with van der Waals surface area (Å²) in [6.45, 7) is 0. The topological polar surface area (TPSA) is 64.9 Å². The van der Waals surface area contributed by atoms with E-state index in [1.54, 1.807) is 42.3 Å². The molecule has 0 saturated heterocycles. The molecule has 0 amide bonds. The van der Waals surface area contributed by atoms with Crippen LogP contribution in [0, 0.1) is 5.82 Å². The Kier molecular flexibility index (Phi) is 6.44. The Morgan fingerprint density at radius 3 is 2.42 bits per heavy atom. The number of methoxy groups -OCH3 is 1. The number of halogens is 3. The van der Waals surface area contributed by atoms with Gasteiger partial charge in [0, 0.05) is 11.3 Å². The first kappa shape index (κ1) is 22.5. The van der Waals surface area contributed by atoms with Crippen LogP contribution in [0.1, 0.15) is 0 Å². The van der Waals surface area contributed by atoms with Crippen molar-refractivity contribution in [1.82, 2.24) is 19.7 Å². The summed E-state index contributed by atoms with van der Waals surface area (Å²) < 4.78 is 20.4. The highest BCUT2D eigenvalue weighted by molar-refractivity contribution is 6.32. The Hall–Kier alpha value is -3.68. The van der Waals surface area contributed by atoms with Crippen molar-refractivity contribution >= 4 is 46.5 Å². The highest BCUT2D eigenvalue weighted by Gasteiger charge is 2.16. The summed E-state index contributed by atoms with van der Waals surface area (Å²) >= 11 is 6.29. The van der Waals surface area contributed by atoms with Gasteiger partial charge in [-0.25, -0.2) is 19.0 Å². The van der Waals surface area contributed by atoms with Gasteiger partial charge in [0.15, 0.2) is 11.5 Å². The maximum absolute atomic E-state index is 13.5. The average Bonchev–Trinajstić information content (AvgIpc) is 3.25. The second-order valence-corrected chi connectivity index (χ2v) is 7.41. The van der Waals surface area contributed by atoms with E-state index in [2.05, 4.69) is 10.4 Å². The number of anilines is 2. The molecule has 0 bridgehead atoms. The Bertz CT molecular complexity index is 1410. The molecule has 166 valence electrons. The van der Waals surface area contributed by atoms with Gasteiger partial charge in [0.1, 0.15) is 17.4 Å². The van der Waals surface area contributed by atoms with Crippen LogP contribution in [0.15, 0.2) is 79.0 Å². The summed E-state index contributed by atoms with van der Waals surface area (Å²) in [6, 6.07) is 21.1. The number of benzene rings is 3. The fraction of sp³-hybridized carbons (Fsp3) is 0.0417. The van der Waals surface area contributed by atoms with Gasteiger partial charge in [-0.2, -0.15) is 5.10 Å². The Morgan fingerprint density at radius 1 is 0.970 bits per heavy atom. The molecule has 6 nitrogen and oxygen atoms in total. The molecule has 5 rings (SSSR count). The third-order valence-electron chi connectivity index (χ3n) is 4.95. The lowest BCUT2D eigenvalue weighted by atomic mass is 10.2. The van der Waals surface area contributed by atoms with Gasteiger partial charge in [-0.05, 0) is 54.6 Å². The van der Waals surface area contributed by atoms with Crippen LogP contribution in [0.2, 0.25) is 5.02 Å². The molecule has 3 aromatic carbocycles. The number of hydrogen-bond acceptors (Lipinski definition) is 5. The highest BCUT2D eigenvalue weighted by atomic mass is 35.5.